The largest absolute Gasteiger partial charge is 0.425 e. The molecule has 82 valence electrons. The highest BCUT2D eigenvalue weighted by Gasteiger charge is 2.25. The molecule has 0 bridgehead atoms. The van der Waals surface area contributed by atoms with Gasteiger partial charge in [-0.05, 0) is 38.8 Å². The molecule has 14 heavy (non-hydrogen) atoms. The first-order chi connectivity index (χ1) is 6.27. The average molecular weight is 220 g/mol. The maximum absolute atomic E-state index is 11.3. The van der Waals surface area contributed by atoms with Gasteiger partial charge in [-0.2, -0.15) is 0 Å². The summed E-state index contributed by atoms with van der Waals surface area (Å²) in [5.74, 6) is -0.390. The highest BCUT2D eigenvalue weighted by atomic mass is 32.2. The summed E-state index contributed by atoms with van der Waals surface area (Å²) < 4.78 is 9.64. The van der Waals surface area contributed by atoms with E-state index < -0.39 is 17.0 Å². The Kier molecular flexibility index (Phi) is 4.97. The van der Waals surface area contributed by atoms with Crippen molar-refractivity contribution in [2.24, 2.45) is 5.41 Å². The summed E-state index contributed by atoms with van der Waals surface area (Å²) in [7, 11) is 0. The van der Waals surface area contributed by atoms with Gasteiger partial charge in [0.2, 0.25) is 6.29 Å². The lowest BCUT2D eigenvalue weighted by Gasteiger charge is -2.20. The number of carbonyl (C=O) groups excluding carboxylic acids is 2. The van der Waals surface area contributed by atoms with Crippen LogP contribution in [0.15, 0.2) is 0 Å². The zero-order valence-corrected chi connectivity index (χ0v) is 9.94. The topological polar surface area (TPSA) is 52.6 Å². The summed E-state index contributed by atoms with van der Waals surface area (Å²) in [6.45, 7) is 6.72. The standard InChI is InChI=1S/C9H16O4S/c1-6(13-8(11)14-5)12-7(10)9(2,3)4/h6H,1-5H3. The molecule has 0 saturated carbocycles. The van der Waals surface area contributed by atoms with Crippen LogP contribution in [0.3, 0.4) is 0 Å². The number of ether oxygens (including phenoxy) is 2. The van der Waals surface area contributed by atoms with Crippen LogP contribution < -0.4 is 0 Å². The van der Waals surface area contributed by atoms with Crippen molar-refractivity contribution in [2.75, 3.05) is 6.26 Å². The summed E-state index contributed by atoms with van der Waals surface area (Å²) in [5, 5.41) is -0.459. The molecular formula is C9H16O4S. The molecule has 0 aliphatic rings. The van der Waals surface area contributed by atoms with Crippen molar-refractivity contribution in [1.82, 2.24) is 0 Å². The van der Waals surface area contributed by atoms with Gasteiger partial charge in [-0.25, -0.2) is 4.79 Å². The van der Waals surface area contributed by atoms with Crippen LogP contribution in [0.4, 0.5) is 4.79 Å². The number of hydrogen-bond acceptors (Lipinski definition) is 5. The Labute approximate surface area is 88.3 Å². The lowest BCUT2D eigenvalue weighted by Crippen LogP contribution is -2.28. The number of rotatable bonds is 2. The zero-order chi connectivity index (χ0) is 11.4. The summed E-state index contributed by atoms with van der Waals surface area (Å²) in [6, 6.07) is 0. The molecule has 0 aliphatic heterocycles. The molecule has 0 rings (SSSR count). The molecular weight excluding hydrogens is 204 g/mol. The van der Waals surface area contributed by atoms with Gasteiger partial charge in [0.05, 0.1) is 5.41 Å². The van der Waals surface area contributed by atoms with Gasteiger partial charge in [-0.15, -0.1) is 0 Å². The van der Waals surface area contributed by atoms with Gasteiger partial charge in [0.25, 0.3) is 0 Å². The first kappa shape index (κ1) is 13.3. The average Bonchev–Trinajstić information content (AvgIpc) is 2.02. The van der Waals surface area contributed by atoms with E-state index in [4.69, 9.17) is 9.47 Å². The van der Waals surface area contributed by atoms with E-state index in [2.05, 4.69) is 0 Å². The Bertz CT molecular complexity index is 219. The Hall–Kier alpha value is -0.710. The lowest BCUT2D eigenvalue weighted by molar-refractivity contribution is -0.173. The second kappa shape index (κ2) is 5.24. The normalized spacial score (nSPS) is 13.2. The van der Waals surface area contributed by atoms with Crippen LogP contribution in [0.25, 0.3) is 0 Å². The third kappa shape index (κ3) is 5.11. The molecule has 0 heterocycles. The smallest absolute Gasteiger partial charge is 0.370 e. The van der Waals surface area contributed by atoms with E-state index in [0.717, 1.165) is 11.8 Å². The van der Waals surface area contributed by atoms with E-state index >= 15 is 0 Å². The monoisotopic (exact) mass is 220 g/mol. The van der Waals surface area contributed by atoms with E-state index in [9.17, 15) is 9.59 Å². The quantitative estimate of drug-likeness (QED) is 0.528. The fourth-order valence-electron chi connectivity index (χ4n) is 0.535. The minimum Gasteiger partial charge on any atom is -0.425 e. The minimum atomic E-state index is -0.832. The Morgan fingerprint density at radius 2 is 1.71 bits per heavy atom. The van der Waals surface area contributed by atoms with Crippen molar-refractivity contribution in [3.8, 4) is 0 Å². The molecule has 0 fully saturated rings. The van der Waals surface area contributed by atoms with Gasteiger partial charge in [0.1, 0.15) is 0 Å². The van der Waals surface area contributed by atoms with Gasteiger partial charge in [0.15, 0.2) is 0 Å². The van der Waals surface area contributed by atoms with E-state index in [0.29, 0.717) is 0 Å². The Morgan fingerprint density at radius 1 is 1.21 bits per heavy atom. The highest BCUT2D eigenvalue weighted by molar-refractivity contribution is 8.12. The number of carbonyl (C=O) groups is 2. The van der Waals surface area contributed by atoms with E-state index in [1.54, 1.807) is 27.0 Å². The second-order valence-electron chi connectivity index (χ2n) is 3.79. The molecule has 0 saturated heterocycles. The molecule has 0 aromatic heterocycles. The molecule has 0 N–H and O–H groups in total. The molecule has 4 nitrogen and oxygen atoms in total. The van der Waals surface area contributed by atoms with Crippen LogP contribution >= 0.6 is 11.8 Å². The predicted molar refractivity (Wildman–Crippen MR) is 55.0 cm³/mol. The Balaban J connectivity index is 4.01. The predicted octanol–water partition coefficient (Wildman–Crippen LogP) is 2.42. The fraction of sp³-hybridized carbons (Fsp3) is 0.778. The van der Waals surface area contributed by atoms with Crippen molar-refractivity contribution >= 4 is 23.0 Å². The zero-order valence-electron chi connectivity index (χ0n) is 9.12. The van der Waals surface area contributed by atoms with Gasteiger partial charge >= 0.3 is 11.3 Å². The van der Waals surface area contributed by atoms with Crippen LogP contribution in [-0.2, 0) is 14.3 Å². The second-order valence-corrected chi connectivity index (χ2v) is 4.54. The van der Waals surface area contributed by atoms with E-state index in [1.165, 1.54) is 6.92 Å². The first-order valence-electron chi connectivity index (χ1n) is 4.23. The van der Waals surface area contributed by atoms with Crippen LogP contribution in [0.2, 0.25) is 0 Å². The summed E-state index contributed by atoms with van der Waals surface area (Å²) in [4.78, 5) is 22.1. The molecule has 0 amide bonds. The van der Waals surface area contributed by atoms with E-state index in [-0.39, 0.29) is 5.97 Å². The maximum Gasteiger partial charge on any atom is 0.370 e. The van der Waals surface area contributed by atoms with Crippen molar-refractivity contribution in [3.05, 3.63) is 0 Å². The summed E-state index contributed by atoms with van der Waals surface area (Å²) >= 11 is 0.935. The summed E-state index contributed by atoms with van der Waals surface area (Å²) in [6.07, 6.45) is 0.766. The number of esters is 1. The van der Waals surface area contributed by atoms with Crippen molar-refractivity contribution in [3.63, 3.8) is 0 Å². The van der Waals surface area contributed by atoms with Gasteiger partial charge in [0, 0.05) is 6.92 Å². The third-order valence-electron chi connectivity index (χ3n) is 1.31. The van der Waals surface area contributed by atoms with E-state index in [1.807, 2.05) is 0 Å². The van der Waals surface area contributed by atoms with Crippen LogP contribution in [0.5, 0.6) is 0 Å². The van der Waals surface area contributed by atoms with Crippen molar-refractivity contribution in [1.29, 1.82) is 0 Å². The Morgan fingerprint density at radius 3 is 2.07 bits per heavy atom. The highest BCUT2D eigenvalue weighted by Crippen LogP contribution is 2.17. The molecule has 5 heteroatoms. The van der Waals surface area contributed by atoms with Gasteiger partial charge in [-0.1, -0.05) is 0 Å². The molecule has 0 aromatic rings. The van der Waals surface area contributed by atoms with Gasteiger partial charge < -0.3 is 9.47 Å². The molecule has 1 unspecified atom stereocenters. The molecule has 0 aliphatic carbocycles. The fourth-order valence-corrected chi connectivity index (χ4v) is 0.767. The van der Waals surface area contributed by atoms with Crippen LogP contribution in [-0.4, -0.2) is 23.8 Å². The molecule has 0 radical (unpaired) electrons. The van der Waals surface area contributed by atoms with Gasteiger partial charge in [-0.3, -0.25) is 4.79 Å². The minimum absolute atomic E-state index is 0.390. The van der Waals surface area contributed by atoms with Crippen molar-refractivity contribution in [2.45, 2.75) is 34.0 Å². The number of hydrogen-bond donors (Lipinski definition) is 0. The molecule has 0 spiro atoms. The molecule has 0 aromatic carbocycles. The SMILES string of the molecule is CSC(=O)OC(C)OC(=O)C(C)(C)C. The van der Waals surface area contributed by atoms with Crippen molar-refractivity contribution < 1.29 is 19.1 Å². The maximum atomic E-state index is 11.3. The molecule has 1 atom stereocenters. The third-order valence-corrected chi connectivity index (χ3v) is 1.74. The summed E-state index contributed by atoms with van der Waals surface area (Å²) in [5.41, 5.74) is -0.583. The number of thioether (sulfide) groups is 1. The first-order valence-corrected chi connectivity index (χ1v) is 5.45. The lowest BCUT2D eigenvalue weighted by atomic mass is 9.97. The van der Waals surface area contributed by atoms with Crippen LogP contribution in [0.1, 0.15) is 27.7 Å². The van der Waals surface area contributed by atoms with Crippen LogP contribution in [0, 0.1) is 5.41 Å².